The van der Waals surface area contributed by atoms with Gasteiger partial charge >= 0.3 is 0 Å². The van der Waals surface area contributed by atoms with E-state index in [1.54, 1.807) is 11.3 Å². The van der Waals surface area contributed by atoms with E-state index in [0.29, 0.717) is 11.6 Å². The van der Waals surface area contributed by atoms with Gasteiger partial charge in [0.05, 0.1) is 9.86 Å². The Morgan fingerprint density at radius 3 is 2.85 bits per heavy atom. The fraction of sp³-hybridized carbons (Fsp3) is 0.0769. The fourth-order valence-electron chi connectivity index (χ4n) is 1.72. The molecule has 2 N–H and O–H groups in total. The van der Waals surface area contributed by atoms with Gasteiger partial charge in [-0.25, -0.2) is 9.97 Å². The highest BCUT2D eigenvalue weighted by Gasteiger charge is 2.08. The van der Waals surface area contributed by atoms with Crippen LogP contribution < -0.4 is 10.5 Å². The van der Waals surface area contributed by atoms with E-state index < -0.39 is 0 Å². The molecule has 0 aliphatic heterocycles. The molecule has 0 unspecified atom stereocenters. The number of nitrogens with zero attached hydrogens (tertiary/aromatic N) is 2. The summed E-state index contributed by atoms with van der Waals surface area (Å²) in [7, 11) is 0. The van der Waals surface area contributed by atoms with Gasteiger partial charge in [0.2, 0.25) is 0 Å². The van der Waals surface area contributed by atoms with Gasteiger partial charge in [-0.15, -0.1) is 11.3 Å². The molecular weight excluding hydrogens is 406 g/mol. The first-order chi connectivity index (χ1) is 9.63. The lowest BCUT2D eigenvalue weighted by molar-refractivity contribution is 0.294. The Morgan fingerprint density at radius 1 is 1.20 bits per heavy atom. The topological polar surface area (TPSA) is 61.0 Å². The van der Waals surface area contributed by atoms with Crippen LogP contribution >= 0.6 is 43.2 Å². The Labute approximate surface area is 136 Å². The molecule has 2 aromatic heterocycles. The molecule has 0 spiro atoms. The molecule has 0 aliphatic rings. The predicted molar refractivity (Wildman–Crippen MR) is 88.0 cm³/mol. The molecule has 0 fully saturated rings. The van der Waals surface area contributed by atoms with E-state index in [2.05, 4.69) is 41.8 Å². The predicted octanol–water partition coefficient (Wildman–Crippen LogP) is 4.38. The van der Waals surface area contributed by atoms with Gasteiger partial charge in [0.1, 0.15) is 23.0 Å². The maximum Gasteiger partial charge on any atom is 0.169 e. The minimum absolute atomic E-state index is 0.276. The molecule has 0 saturated heterocycles. The summed E-state index contributed by atoms with van der Waals surface area (Å²) in [5.41, 5.74) is 5.90. The van der Waals surface area contributed by atoms with Crippen molar-refractivity contribution in [3.8, 4) is 5.75 Å². The molecule has 4 nitrogen and oxygen atoms in total. The molecule has 0 radical (unpaired) electrons. The number of rotatable bonds is 3. The molecule has 7 heteroatoms. The number of nitrogens with two attached hydrogens (primary N) is 1. The molecule has 0 amide bonds. The van der Waals surface area contributed by atoms with Gasteiger partial charge in [0, 0.05) is 4.47 Å². The first kappa shape index (κ1) is 13.8. The van der Waals surface area contributed by atoms with Crippen molar-refractivity contribution in [2.75, 3.05) is 5.73 Å². The average molecular weight is 415 g/mol. The number of halogens is 2. The van der Waals surface area contributed by atoms with Gasteiger partial charge in [-0.1, -0.05) is 15.9 Å². The zero-order valence-corrected chi connectivity index (χ0v) is 14.1. The summed E-state index contributed by atoms with van der Waals surface area (Å²) in [5, 5.41) is 2.84. The third-order valence-electron chi connectivity index (χ3n) is 2.65. The van der Waals surface area contributed by atoms with Crippen LogP contribution in [-0.4, -0.2) is 9.97 Å². The molecule has 20 heavy (non-hydrogen) atoms. The summed E-state index contributed by atoms with van der Waals surface area (Å²) in [6, 6.07) is 7.64. The molecule has 3 rings (SSSR count). The summed E-state index contributed by atoms with van der Waals surface area (Å²) in [4.78, 5) is 9.58. The molecular formula is C13H9Br2N3OS. The summed E-state index contributed by atoms with van der Waals surface area (Å²) in [6.07, 6.45) is 0. The van der Waals surface area contributed by atoms with Gasteiger partial charge in [-0.2, -0.15) is 0 Å². The van der Waals surface area contributed by atoms with Crippen LogP contribution in [0.4, 0.5) is 5.82 Å². The Morgan fingerprint density at radius 2 is 2.05 bits per heavy atom. The zero-order chi connectivity index (χ0) is 14.1. The highest BCUT2D eigenvalue weighted by molar-refractivity contribution is 9.11. The number of ether oxygens (including phenoxy) is 1. The van der Waals surface area contributed by atoms with Crippen LogP contribution in [0.15, 0.2) is 38.6 Å². The minimum Gasteiger partial charge on any atom is -0.484 e. The summed E-state index contributed by atoms with van der Waals surface area (Å²) < 4.78 is 7.57. The third-order valence-corrected chi connectivity index (χ3v) is 4.57. The summed E-state index contributed by atoms with van der Waals surface area (Å²) in [5.74, 6) is 1.80. The lowest BCUT2D eigenvalue weighted by atomic mass is 10.3. The van der Waals surface area contributed by atoms with Crippen molar-refractivity contribution < 1.29 is 4.74 Å². The average Bonchev–Trinajstić information content (AvgIpc) is 2.86. The van der Waals surface area contributed by atoms with Crippen molar-refractivity contribution >= 4 is 59.2 Å². The van der Waals surface area contributed by atoms with Crippen molar-refractivity contribution in [2.24, 2.45) is 0 Å². The molecule has 2 heterocycles. The Balaban J connectivity index is 1.82. The first-order valence-electron chi connectivity index (χ1n) is 5.71. The standard InChI is InChI=1S/C13H9Br2N3OS/c14-7-1-2-10(9(15)5-7)19-6-11-17-12(16)8-3-4-20-13(8)18-11/h1-5H,6H2,(H2,16,17,18). The smallest absolute Gasteiger partial charge is 0.169 e. The van der Waals surface area contributed by atoms with Crippen LogP contribution in [0, 0.1) is 0 Å². The second-order valence-corrected chi connectivity index (χ2v) is 6.69. The molecule has 1 aromatic carbocycles. The van der Waals surface area contributed by atoms with E-state index >= 15 is 0 Å². The third kappa shape index (κ3) is 2.79. The highest BCUT2D eigenvalue weighted by Crippen LogP contribution is 2.29. The van der Waals surface area contributed by atoms with Crippen molar-refractivity contribution in [3.05, 3.63) is 44.4 Å². The van der Waals surface area contributed by atoms with Crippen LogP contribution in [0.1, 0.15) is 5.82 Å². The lowest BCUT2D eigenvalue weighted by Crippen LogP contribution is -2.04. The largest absolute Gasteiger partial charge is 0.484 e. The van der Waals surface area contributed by atoms with Gasteiger partial charge < -0.3 is 10.5 Å². The van der Waals surface area contributed by atoms with E-state index in [4.69, 9.17) is 10.5 Å². The fourth-order valence-corrected chi connectivity index (χ4v) is 3.68. The van der Waals surface area contributed by atoms with Crippen LogP contribution in [0.5, 0.6) is 5.75 Å². The Kier molecular flexibility index (Phi) is 3.91. The normalized spacial score (nSPS) is 10.9. The van der Waals surface area contributed by atoms with E-state index in [1.165, 1.54) is 0 Å². The molecule has 0 atom stereocenters. The molecule has 0 aliphatic carbocycles. The van der Waals surface area contributed by atoms with Crippen LogP contribution in [-0.2, 0) is 6.61 Å². The van der Waals surface area contributed by atoms with Crippen LogP contribution in [0.2, 0.25) is 0 Å². The number of fused-ring (bicyclic) bond motifs is 1. The van der Waals surface area contributed by atoms with E-state index in [0.717, 1.165) is 24.9 Å². The maximum atomic E-state index is 5.90. The number of benzene rings is 1. The van der Waals surface area contributed by atoms with Gasteiger partial charge in [0.25, 0.3) is 0 Å². The molecule has 0 saturated carbocycles. The van der Waals surface area contributed by atoms with Gasteiger partial charge in [0.15, 0.2) is 5.82 Å². The number of anilines is 1. The molecule has 102 valence electrons. The van der Waals surface area contributed by atoms with E-state index in [1.807, 2.05) is 29.6 Å². The SMILES string of the molecule is Nc1nc(COc2ccc(Br)cc2Br)nc2sccc12. The van der Waals surface area contributed by atoms with E-state index in [-0.39, 0.29) is 6.61 Å². The molecule has 3 aromatic rings. The Hall–Kier alpha value is -1.18. The van der Waals surface area contributed by atoms with Crippen molar-refractivity contribution in [1.29, 1.82) is 0 Å². The number of aromatic nitrogens is 2. The van der Waals surface area contributed by atoms with Gasteiger partial charge in [-0.05, 0) is 45.6 Å². The maximum absolute atomic E-state index is 5.90. The number of hydrogen-bond donors (Lipinski definition) is 1. The number of hydrogen-bond acceptors (Lipinski definition) is 5. The minimum atomic E-state index is 0.276. The lowest BCUT2D eigenvalue weighted by Gasteiger charge is -2.08. The quantitative estimate of drug-likeness (QED) is 0.690. The summed E-state index contributed by atoms with van der Waals surface area (Å²) >= 11 is 8.39. The van der Waals surface area contributed by atoms with Crippen molar-refractivity contribution in [1.82, 2.24) is 9.97 Å². The molecule has 0 bridgehead atoms. The number of nitrogen functional groups attached to an aromatic ring is 1. The zero-order valence-electron chi connectivity index (χ0n) is 10.1. The Bertz CT molecular complexity index is 775. The van der Waals surface area contributed by atoms with Crippen LogP contribution in [0.25, 0.3) is 10.2 Å². The summed E-state index contributed by atoms with van der Waals surface area (Å²) in [6.45, 7) is 0.276. The van der Waals surface area contributed by atoms with Crippen molar-refractivity contribution in [2.45, 2.75) is 6.61 Å². The van der Waals surface area contributed by atoms with Crippen molar-refractivity contribution in [3.63, 3.8) is 0 Å². The van der Waals surface area contributed by atoms with Gasteiger partial charge in [-0.3, -0.25) is 0 Å². The highest BCUT2D eigenvalue weighted by atomic mass is 79.9. The second-order valence-electron chi connectivity index (χ2n) is 4.03. The second kappa shape index (κ2) is 5.67. The van der Waals surface area contributed by atoms with Crippen LogP contribution in [0.3, 0.4) is 0 Å². The number of thiophene rings is 1. The van der Waals surface area contributed by atoms with E-state index in [9.17, 15) is 0 Å². The monoisotopic (exact) mass is 413 g/mol. The first-order valence-corrected chi connectivity index (χ1v) is 8.17.